The number of hydrogen-bond donors (Lipinski definition) is 1. The minimum atomic E-state index is 0.435. The number of ether oxygens (including phenoxy) is 1. The summed E-state index contributed by atoms with van der Waals surface area (Å²) in [6.07, 6.45) is 0.861. The Balaban J connectivity index is 2.50. The predicted octanol–water partition coefficient (Wildman–Crippen LogP) is 3.83. The molecule has 0 saturated carbocycles. The molecule has 0 radical (unpaired) electrons. The summed E-state index contributed by atoms with van der Waals surface area (Å²) in [4.78, 5) is 6.08. The first-order chi connectivity index (χ1) is 9.67. The van der Waals surface area contributed by atoms with E-state index in [1.165, 1.54) is 4.88 Å². The second-order valence-electron chi connectivity index (χ2n) is 4.95. The van der Waals surface area contributed by atoms with E-state index in [0.29, 0.717) is 19.1 Å². The number of nitrogens with zero attached hydrogens (tertiary/aromatic N) is 1. The van der Waals surface area contributed by atoms with E-state index in [1.54, 1.807) is 11.3 Å². The predicted molar refractivity (Wildman–Crippen MR) is 85.6 cm³/mol. The van der Waals surface area contributed by atoms with Crippen molar-refractivity contribution in [1.29, 1.82) is 0 Å². The Morgan fingerprint density at radius 2 is 2.05 bits per heavy atom. The summed E-state index contributed by atoms with van der Waals surface area (Å²) in [6, 6.07) is 8.09. The molecule has 1 aromatic carbocycles. The fourth-order valence-corrected chi connectivity index (χ4v) is 3.17. The van der Waals surface area contributed by atoms with Crippen LogP contribution in [0.25, 0.3) is 11.3 Å². The SMILES string of the molecule is CCOc1ccccc1-c1nc(C(C)C)sc1CCN. The van der Waals surface area contributed by atoms with Crippen LogP contribution in [0, 0.1) is 0 Å². The van der Waals surface area contributed by atoms with Crippen LogP contribution in [0.4, 0.5) is 0 Å². The van der Waals surface area contributed by atoms with Crippen molar-refractivity contribution >= 4 is 11.3 Å². The van der Waals surface area contributed by atoms with E-state index in [2.05, 4.69) is 19.9 Å². The maximum absolute atomic E-state index is 5.74. The summed E-state index contributed by atoms with van der Waals surface area (Å²) in [5.74, 6) is 1.33. The summed E-state index contributed by atoms with van der Waals surface area (Å²) in [5.41, 5.74) is 7.84. The molecule has 0 aliphatic heterocycles. The van der Waals surface area contributed by atoms with Gasteiger partial charge in [-0.3, -0.25) is 0 Å². The van der Waals surface area contributed by atoms with Gasteiger partial charge < -0.3 is 10.5 Å². The number of thiazole rings is 1. The van der Waals surface area contributed by atoms with Gasteiger partial charge in [0.15, 0.2) is 0 Å². The number of aromatic nitrogens is 1. The number of para-hydroxylation sites is 1. The molecular formula is C16H22N2OS. The van der Waals surface area contributed by atoms with E-state index < -0.39 is 0 Å². The van der Waals surface area contributed by atoms with Crippen molar-refractivity contribution in [3.8, 4) is 17.0 Å². The number of hydrogen-bond acceptors (Lipinski definition) is 4. The average Bonchev–Trinajstić information content (AvgIpc) is 2.84. The van der Waals surface area contributed by atoms with E-state index >= 15 is 0 Å². The van der Waals surface area contributed by atoms with Crippen LogP contribution < -0.4 is 10.5 Å². The molecule has 0 aliphatic carbocycles. The monoisotopic (exact) mass is 290 g/mol. The van der Waals surface area contributed by atoms with Crippen LogP contribution in [-0.2, 0) is 6.42 Å². The van der Waals surface area contributed by atoms with Gasteiger partial charge in [-0.15, -0.1) is 11.3 Å². The maximum Gasteiger partial charge on any atom is 0.128 e. The van der Waals surface area contributed by atoms with E-state index in [9.17, 15) is 0 Å². The summed E-state index contributed by atoms with van der Waals surface area (Å²) in [5, 5.41) is 1.16. The van der Waals surface area contributed by atoms with Crippen LogP contribution in [0.5, 0.6) is 5.75 Å². The van der Waals surface area contributed by atoms with E-state index in [1.807, 2.05) is 25.1 Å². The van der Waals surface area contributed by atoms with E-state index in [4.69, 9.17) is 15.5 Å². The van der Waals surface area contributed by atoms with Crippen LogP contribution in [0.2, 0.25) is 0 Å². The number of benzene rings is 1. The third-order valence-electron chi connectivity index (χ3n) is 3.02. The quantitative estimate of drug-likeness (QED) is 0.879. The largest absolute Gasteiger partial charge is 0.493 e. The zero-order valence-corrected chi connectivity index (χ0v) is 13.2. The van der Waals surface area contributed by atoms with E-state index in [-0.39, 0.29) is 0 Å². The van der Waals surface area contributed by atoms with E-state index in [0.717, 1.165) is 28.4 Å². The normalized spacial score (nSPS) is 11.1. The van der Waals surface area contributed by atoms with Gasteiger partial charge in [-0.25, -0.2) is 4.98 Å². The lowest BCUT2D eigenvalue weighted by Crippen LogP contribution is -2.02. The summed E-state index contributed by atoms with van der Waals surface area (Å²) in [7, 11) is 0. The molecule has 0 amide bonds. The molecule has 2 rings (SSSR count). The molecule has 0 fully saturated rings. The van der Waals surface area contributed by atoms with Crippen molar-refractivity contribution in [2.24, 2.45) is 5.73 Å². The minimum Gasteiger partial charge on any atom is -0.493 e. The van der Waals surface area contributed by atoms with Crippen molar-refractivity contribution in [2.75, 3.05) is 13.2 Å². The second kappa shape index (κ2) is 6.86. The van der Waals surface area contributed by atoms with Crippen LogP contribution in [0.15, 0.2) is 24.3 Å². The van der Waals surface area contributed by atoms with Gasteiger partial charge in [0.1, 0.15) is 5.75 Å². The topological polar surface area (TPSA) is 48.1 Å². The number of rotatable bonds is 6. The smallest absolute Gasteiger partial charge is 0.128 e. The Morgan fingerprint density at radius 3 is 2.70 bits per heavy atom. The minimum absolute atomic E-state index is 0.435. The molecule has 0 aliphatic rings. The van der Waals surface area contributed by atoms with Crippen LogP contribution in [0.3, 0.4) is 0 Å². The standard InChI is InChI=1S/C16H22N2OS/c1-4-19-13-8-6-5-7-12(13)15-14(9-10-17)20-16(18-15)11(2)3/h5-8,11H,4,9-10,17H2,1-3H3. The molecule has 20 heavy (non-hydrogen) atoms. The molecule has 1 heterocycles. The molecule has 0 atom stereocenters. The zero-order valence-electron chi connectivity index (χ0n) is 12.3. The lowest BCUT2D eigenvalue weighted by atomic mass is 10.1. The first kappa shape index (κ1) is 15.0. The molecule has 0 spiro atoms. The molecule has 3 nitrogen and oxygen atoms in total. The highest BCUT2D eigenvalue weighted by atomic mass is 32.1. The van der Waals surface area contributed by atoms with Crippen LogP contribution >= 0.6 is 11.3 Å². The number of nitrogens with two attached hydrogens (primary N) is 1. The van der Waals surface area contributed by atoms with Crippen molar-refractivity contribution < 1.29 is 4.74 Å². The average molecular weight is 290 g/mol. The van der Waals surface area contributed by atoms with Gasteiger partial charge in [-0.1, -0.05) is 26.0 Å². The molecule has 0 saturated heterocycles. The lowest BCUT2D eigenvalue weighted by molar-refractivity contribution is 0.341. The van der Waals surface area contributed by atoms with Gasteiger partial charge in [-0.05, 0) is 32.0 Å². The lowest BCUT2D eigenvalue weighted by Gasteiger charge is -2.09. The second-order valence-corrected chi connectivity index (χ2v) is 6.06. The molecule has 2 aromatic rings. The van der Waals surface area contributed by atoms with Crippen molar-refractivity contribution in [2.45, 2.75) is 33.1 Å². The highest BCUT2D eigenvalue weighted by Gasteiger charge is 2.17. The summed E-state index contributed by atoms with van der Waals surface area (Å²) < 4.78 is 5.73. The van der Waals surface area contributed by atoms with Gasteiger partial charge in [0.05, 0.1) is 17.3 Å². The highest BCUT2D eigenvalue weighted by molar-refractivity contribution is 7.12. The van der Waals surface area contributed by atoms with Gasteiger partial charge in [-0.2, -0.15) is 0 Å². The molecule has 1 aromatic heterocycles. The Morgan fingerprint density at radius 1 is 1.30 bits per heavy atom. The molecule has 2 N–H and O–H groups in total. The maximum atomic E-state index is 5.74. The van der Waals surface area contributed by atoms with Crippen LogP contribution in [0.1, 0.15) is 36.6 Å². The van der Waals surface area contributed by atoms with Crippen molar-refractivity contribution in [3.63, 3.8) is 0 Å². The third kappa shape index (κ3) is 3.19. The molecule has 4 heteroatoms. The Kier molecular flexibility index (Phi) is 5.15. The molecule has 0 bridgehead atoms. The molecular weight excluding hydrogens is 268 g/mol. The molecule has 108 valence electrons. The first-order valence-corrected chi connectivity index (χ1v) is 7.90. The van der Waals surface area contributed by atoms with Crippen molar-refractivity contribution in [1.82, 2.24) is 4.98 Å². The summed E-state index contributed by atoms with van der Waals surface area (Å²) in [6.45, 7) is 7.64. The zero-order chi connectivity index (χ0) is 14.5. The first-order valence-electron chi connectivity index (χ1n) is 7.09. The van der Waals surface area contributed by atoms with Gasteiger partial charge in [0.25, 0.3) is 0 Å². The van der Waals surface area contributed by atoms with Gasteiger partial charge in [0.2, 0.25) is 0 Å². The van der Waals surface area contributed by atoms with Crippen LogP contribution in [-0.4, -0.2) is 18.1 Å². The Labute approximate surface area is 124 Å². The Hall–Kier alpha value is -1.39. The summed E-state index contributed by atoms with van der Waals surface area (Å²) >= 11 is 1.77. The molecule has 0 unspecified atom stereocenters. The Bertz CT molecular complexity index is 563. The fraction of sp³-hybridized carbons (Fsp3) is 0.438. The van der Waals surface area contributed by atoms with Gasteiger partial charge in [0, 0.05) is 16.4 Å². The third-order valence-corrected chi connectivity index (χ3v) is 4.44. The highest BCUT2D eigenvalue weighted by Crippen LogP contribution is 2.36. The van der Waals surface area contributed by atoms with Crippen molar-refractivity contribution in [3.05, 3.63) is 34.2 Å². The fourth-order valence-electron chi connectivity index (χ4n) is 2.07. The van der Waals surface area contributed by atoms with Gasteiger partial charge >= 0.3 is 0 Å².